The molecule has 0 aliphatic carbocycles. The molecule has 1 aliphatic rings. The van der Waals surface area contributed by atoms with Crippen molar-refractivity contribution in [2.75, 3.05) is 6.54 Å². The fourth-order valence-electron chi connectivity index (χ4n) is 4.16. The Morgan fingerprint density at radius 2 is 2.23 bits per heavy atom. The molecule has 1 aliphatic heterocycles. The van der Waals surface area contributed by atoms with Gasteiger partial charge in [-0.05, 0) is 37.6 Å². The van der Waals surface area contributed by atoms with Crippen molar-refractivity contribution in [3.8, 4) is 5.75 Å². The first-order chi connectivity index (χ1) is 14.5. The Morgan fingerprint density at radius 3 is 3.00 bits per heavy atom. The molecule has 154 valence electrons. The number of imidazole rings is 1. The van der Waals surface area contributed by atoms with Gasteiger partial charge in [-0.3, -0.25) is 0 Å². The molecule has 10 heteroatoms. The van der Waals surface area contributed by atoms with Crippen molar-refractivity contribution in [2.24, 2.45) is 7.05 Å². The number of aromatic nitrogens is 5. The highest BCUT2D eigenvalue weighted by molar-refractivity contribution is 6.01. The van der Waals surface area contributed by atoms with Crippen molar-refractivity contribution in [2.45, 2.75) is 25.0 Å². The van der Waals surface area contributed by atoms with E-state index >= 15 is 0 Å². The number of hydrogen-bond donors (Lipinski definition) is 3. The zero-order valence-corrected chi connectivity index (χ0v) is 16.1. The topological polar surface area (TPSA) is 118 Å². The number of benzene rings is 1. The molecule has 0 amide bonds. The molecule has 3 aromatic heterocycles. The highest BCUT2D eigenvalue weighted by Crippen LogP contribution is 2.38. The number of aromatic carboxylic acids is 1. The normalized spacial score (nSPS) is 17.6. The molecule has 2 atom stereocenters. The van der Waals surface area contributed by atoms with Gasteiger partial charge in [0.1, 0.15) is 23.4 Å². The maximum atomic E-state index is 14.0. The van der Waals surface area contributed by atoms with Gasteiger partial charge in [0.25, 0.3) is 0 Å². The second-order valence-corrected chi connectivity index (χ2v) is 7.30. The summed E-state index contributed by atoms with van der Waals surface area (Å²) < 4.78 is 21.9. The van der Waals surface area contributed by atoms with Crippen molar-refractivity contribution < 1.29 is 19.0 Å². The number of fused-ring (bicyclic) bond motifs is 2. The van der Waals surface area contributed by atoms with Gasteiger partial charge in [0.2, 0.25) is 0 Å². The highest BCUT2D eigenvalue weighted by atomic mass is 19.1. The summed E-state index contributed by atoms with van der Waals surface area (Å²) in [7, 11) is 1.62. The summed E-state index contributed by atoms with van der Waals surface area (Å²) in [4.78, 5) is 27.9. The Morgan fingerprint density at radius 1 is 1.37 bits per heavy atom. The van der Waals surface area contributed by atoms with Crippen LogP contribution in [0.5, 0.6) is 5.75 Å². The average Bonchev–Trinajstić information content (AvgIpc) is 3.46. The number of carboxylic acids is 1. The van der Waals surface area contributed by atoms with Crippen LogP contribution in [-0.2, 0) is 7.05 Å². The number of ether oxygens (including phenoxy) is 1. The van der Waals surface area contributed by atoms with Crippen LogP contribution in [0.15, 0.2) is 30.9 Å². The van der Waals surface area contributed by atoms with Crippen molar-refractivity contribution >= 4 is 28.0 Å². The van der Waals surface area contributed by atoms with E-state index in [1.807, 2.05) is 0 Å². The molecule has 4 aromatic rings. The quantitative estimate of drug-likeness (QED) is 0.463. The van der Waals surface area contributed by atoms with Gasteiger partial charge >= 0.3 is 5.97 Å². The van der Waals surface area contributed by atoms with E-state index in [-0.39, 0.29) is 17.5 Å². The Labute approximate surface area is 169 Å². The van der Waals surface area contributed by atoms with Gasteiger partial charge in [0.05, 0.1) is 17.9 Å². The molecular weight excluding hydrogens is 391 g/mol. The SMILES string of the molecule is Cn1c(C(=O)O)c(O[C@@H](c2ncnc3[nH]cnc23)C2CCCN2)c2cc(F)ccc21. The lowest BCUT2D eigenvalue weighted by atomic mass is 10.0. The molecule has 5 rings (SSSR count). The first kappa shape index (κ1) is 18.5. The maximum absolute atomic E-state index is 14.0. The smallest absolute Gasteiger partial charge is 0.356 e. The van der Waals surface area contributed by atoms with E-state index in [0.29, 0.717) is 27.8 Å². The van der Waals surface area contributed by atoms with Gasteiger partial charge in [-0.2, -0.15) is 0 Å². The number of carboxylic acid groups (broad SMARTS) is 1. The second-order valence-electron chi connectivity index (χ2n) is 7.30. The minimum atomic E-state index is -1.16. The van der Waals surface area contributed by atoms with Crippen LogP contribution in [0.4, 0.5) is 4.39 Å². The lowest BCUT2D eigenvalue weighted by Gasteiger charge is -2.25. The third kappa shape index (κ3) is 2.88. The number of nitrogens with zero attached hydrogens (tertiary/aromatic N) is 4. The summed E-state index contributed by atoms with van der Waals surface area (Å²) in [6.45, 7) is 0.815. The number of carbonyl (C=O) groups is 1. The van der Waals surface area contributed by atoms with Gasteiger partial charge in [0, 0.05) is 12.4 Å². The summed E-state index contributed by atoms with van der Waals surface area (Å²) in [6.07, 6.45) is 4.09. The van der Waals surface area contributed by atoms with Crippen molar-refractivity contribution in [3.05, 3.63) is 48.1 Å². The number of H-pyrrole nitrogens is 1. The second kappa shape index (κ2) is 7.06. The summed E-state index contributed by atoms with van der Waals surface area (Å²) >= 11 is 0. The van der Waals surface area contributed by atoms with Crippen molar-refractivity contribution in [1.29, 1.82) is 0 Å². The molecule has 0 bridgehead atoms. The summed E-state index contributed by atoms with van der Waals surface area (Å²) in [5.41, 5.74) is 2.18. The first-order valence-corrected chi connectivity index (χ1v) is 9.60. The minimum Gasteiger partial charge on any atom is -0.479 e. The maximum Gasteiger partial charge on any atom is 0.356 e. The van der Waals surface area contributed by atoms with Crippen LogP contribution in [0, 0.1) is 5.82 Å². The molecule has 1 fully saturated rings. The van der Waals surface area contributed by atoms with Gasteiger partial charge in [-0.25, -0.2) is 24.1 Å². The fraction of sp³-hybridized carbons (Fsp3) is 0.300. The lowest BCUT2D eigenvalue weighted by Crippen LogP contribution is -2.33. The van der Waals surface area contributed by atoms with Crippen LogP contribution in [0.25, 0.3) is 22.1 Å². The van der Waals surface area contributed by atoms with Crippen molar-refractivity contribution in [3.63, 3.8) is 0 Å². The molecule has 0 spiro atoms. The summed E-state index contributed by atoms with van der Waals surface area (Å²) in [6, 6.07) is 4.03. The Kier molecular flexibility index (Phi) is 4.35. The van der Waals surface area contributed by atoms with E-state index in [9.17, 15) is 14.3 Å². The first-order valence-electron chi connectivity index (χ1n) is 9.60. The van der Waals surface area contributed by atoms with Gasteiger partial charge in [-0.15, -0.1) is 0 Å². The lowest BCUT2D eigenvalue weighted by molar-refractivity contribution is 0.0675. The molecule has 9 nitrogen and oxygen atoms in total. The van der Waals surface area contributed by atoms with Crippen LogP contribution in [0.2, 0.25) is 0 Å². The van der Waals surface area contributed by atoms with E-state index in [2.05, 4.69) is 25.3 Å². The third-order valence-corrected chi connectivity index (χ3v) is 5.54. The third-order valence-electron chi connectivity index (χ3n) is 5.54. The number of aromatic amines is 1. The predicted octanol–water partition coefficient (Wildman–Crippen LogP) is 2.55. The van der Waals surface area contributed by atoms with Crippen LogP contribution in [0.3, 0.4) is 0 Å². The number of halogens is 1. The van der Waals surface area contributed by atoms with Gasteiger partial charge in [-0.1, -0.05) is 0 Å². The Balaban J connectivity index is 1.70. The Bertz CT molecular complexity index is 1260. The standard InChI is InChI=1S/C20H19FN6O3/c1-27-13-5-4-10(21)7-11(13)17(16(27)20(28)29)30-18(12-3-2-6-22-12)14-15-19(25-8-23-14)26-9-24-15/h4-5,7-9,12,18,22H,2-3,6H2,1H3,(H,28,29)(H,23,24,25,26)/t12?,18-/m1/s1. The number of nitrogens with one attached hydrogen (secondary N) is 2. The Hall–Kier alpha value is -3.53. The summed E-state index contributed by atoms with van der Waals surface area (Å²) in [5, 5.41) is 13.6. The number of aryl methyl sites for hydroxylation is 1. The van der Waals surface area contributed by atoms with Crippen LogP contribution >= 0.6 is 0 Å². The zero-order valence-electron chi connectivity index (χ0n) is 16.1. The molecule has 0 radical (unpaired) electrons. The molecule has 1 aromatic carbocycles. The van der Waals surface area contributed by atoms with E-state index in [0.717, 1.165) is 19.4 Å². The predicted molar refractivity (Wildman–Crippen MR) is 106 cm³/mol. The molecule has 30 heavy (non-hydrogen) atoms. The van der Waals surface area contributed by atoms with Gasteiger partial charge < -0.3 is 24.7 Å². The summed E-state index contributed by atoms with van der Waals surface area (Å²) in [5.74, 6) is -1.52. The van der Waals surface area contributed by atoms with Crippen molar-refractivity contribution in [1.82, 2.24) is 29.8 Å². The average molecular weight is 410 g/mol. The molecule has 0 saturated carbocycles. The monoisotopic (exact) mass is 410 g/mol. The molecule has 1 unspecified atom stereocenters. The van der Waals surface area contributed by atoms with E-state index in [1.54, 1.807) is 13.1 Å². The van der Waals surface area contributed by atoms with Gasteiger partial charge in [0.15, 0.2) is 23.2 Å². The highest BCUT2D eigenvalue weighted by Gasteiger charge is 2.34. The molecule has 4 heterocycles. The number of hydrogen-bond acceptors (Lipinski definition) is 6. The largest absolute Gasteiger partial charge is 0.479 e. The molecule has 3 N–H and O–H groups in total. The van der Waals surface area contributed by atoms with Crippen LogP contribution in [0.1, 0.15) is 35.1 Å². The molecular formula is C20H19FN6O3. The van der Waals surface area contributed by atoms with Crippen LogP contribution in [-0.4, -0.2) is 48.2 Å². The fourth-order valence-corrected chi connectivity index (χ4v) is 4.16. The van der Waals surface area contributed by atoms with E-state index in [4.69, 9.17) is 4.74 Å². The number of rotatable bonds is 5. The molecule has 1 saturated heterocycles. The minimum absolute atomic E-state index is 0.0501. The van der Waals surface area contributed by atoms with Crippen LogP contribution < -0.4 is 10.1 Å². The van der Waals surface area contributed by atoms with E-state index in [1.165, 1.54) is 29.4 Å². The zero-order chi connectivity index (χ0) is 20.8. The van der Waals surface area contributed by atoms with E-state index < -0.39 is 17.9 Å².